The minimum atomic E-state index is -1.40. The van der Waals surface area contributed by atoms with Crippen LogP contribution in [0, 0.1) is 0 Å². The quantitative estimate of drug-likeness (QED) is 0.485. The zero-order chi connectivity index (χ0) is 19.7. The summed E-state index contributed by atoms with van der Waals surface area (Å²) in [6.45, 7) is 12.0. The van der Waals surface area contributed by atoms with Crippen LogP contribution in [0.1, 0.15) is 57.5 Å². The summed E-state index contributed by atoms with van der Waals surface area (Å²) < 4.78 is 10.8. The predicted molar refractivity (Wildman–Crippen MR) is 107 cm³/mol. The van der Waals surface area contributed by atoms with Crippen LogP contribution in [0.4, 0.5) is 0 Å². The molecule has 2 rings (SSSR count). The van der Waals surface area contributed by atoms with Gasteiger partial charge in [-0.3, -0.25) is 4.79 Å². The van der Waals surface area contributed by atoms with Gasteiger partial charge in [-0.1, -0.05) is 102 Å². The minimum absolute atomic E-state index is 0.218. The van der Waals surface area contributed by atoms with E-state index < -0.39 is 5.79 Å². The third-order valence-corrected chi connectivity index (χ3v) is 3.06. The van der Waals surface area contributed by atoms with Crippen LogP contribution in [0.5, 0.6) is 0 Å². The SMILES string of the molecule is CC.CC.CC.COC(OC)(C(=O)c1ccccc1)c1ccccc1. The normalized spacial score (nSPS) is 9.28. The number of methoxy groups -OCH3 is 2. The standard InChI is InChI=1S/C16H16O3.3C2H6/c1-18-16(19-2,14-11-7-4-8-12-14)15(17)13-9-5-3-6-10-13;3*1-2/h3-12H,1-2H3;3*1-2H3. The molecule has 0 atom stereocenters. The summed E-state index contributed by atoms with van der Waals surface area (Å²) in [5.74, 6) is -1.62. The van der Waals surface area contributed by atoms with Gasteiger partial charge in [0.2, 0.25) is 5.78 Å². The fraction of sp³-hybridized carbons (Fsp3) is 0.409. The van der Waals surface area contributed by atoms with Gasteiger partial charge in [0.15, 0.2) is 0 Å². The van der Waals surface area contributed by atoms with Gasteiger partial charge in [0.05, 0.1) is 0 Å². The molecule has 0 aliphatic heterocycles. The van der Waals surface area contributed by atoms with E-state index in [1.54, 1.807) is 12.1 Å². The molecule has 0 spiro atoms. The average molecular weight is 347 g/mol. The van der Waals surface area contributed by atoms with Crippen molar-refractivity contribution in [1.29, 1.82) is 0 Å². The molecule has 140 valence electrons. The number of carbonyl (C=O) groups excluding carboxylic acids is 1. The molecule has 3 nitrogen and oxygen atoms in total. The van der Waals surface area contributed by atoms with Crippen LogP contribution in [0.15, 0.2) is 60.7 Å². The highest BCUT2D eigenvalue weighted by Crippen LogP contribution is 2.30. The van der Waals surface area contributed by atoms with E-state index in [1.165, 1.54) is 14.2 Å². The largest absolute Gasteiger partial charge is 0.343 e. The van der Waals surface area contributed by atoms with Crippen molar-refractivity contribution < 1.29 is 14.3 Å². The second kappa shape index (κ2) is 15.6. The van der Waals surface area contributed by atoms with Crippen LogP contribution >= 0.6 is 0 Å². The van der Waals surface area contributed by atoms with Crippen LogP contribution in [0.3, 0.4) is 0 Å². The molecule has 0 heterocycles. The molecule has 0 aromatic heterocycles. The summed E-state index contributed by atoms with van der Waals surface area (Å²) in [6.07, 6.45) is 0. The molecule has 2 aromatic rings. The highest BCUT2D eigenvalue weighted by molar-refractivity contribution is 6.02. The monoisotopic (exact) mass is 346 g/mol. The molecule has 25 heavy (non-hydrogen) atoms. The van der Waals surface area contributed by atoms with Crippen molar-refractivity contribution in [3.8, 4) is 0 Å². The first kappa shape index (κ1) is 25.3. The number of rotatable bonds is 5. The second-order valence-corrected chi connectivity index (χ2v) is 4.09. The van der Waals surface area contributed by atoms with Crippen molar-refractivity contribution in [2.45, 2.75) is 47.3 Å². The van der Waals surface area contributed by atoms with Crippen molar-refractivity contribution in [1.82, 2.24) is 0 Å². The first-order chi connectivity index (χ1) is 12.2. The number of Topliss-reactive ketones (excluding diaryl/α,β-unsaturated/α-hetero) is 1. The van der Waals surface area contributed by atoms with Crippen molar-refractivity contribution in [2.24, 2.45) is 0 Å². The Morgan fingerprint density at radius 2 is 1.04 bits per heavy atom. The summed E-state index contributed by atoms with van der Waals surface area (Å²) >= 11 is 0. The Balaban J connectivity index is 0. The molecular formula is C22H34O3. The number of ketones is 1. The molecule has 0 saturated carbocycles. The summed E-state index contributed by atoms with van der Waals surface area (Å²) in [7, 11) is 2.94. The topological polar surface area (TPSA) is 35.5 Å². The van der Waals surface area contributed by atoms with E-state index in [0.29, 0.717) is 11.1 Å². The number of carbonyl (C=O) groups is 1. The van der Waals surface area contributed by atoms with Crippen molar-refractivity contribution in [3.05, 3.63) is 71.8 Å². The van der Waals surface area contributed by atoms with Crippen LogP contribution in [-0.4, -0.2) is 20.0 Å². The highest BCUT2D eigenvalue weighted by Gasteiger charge is 2.41. The van der Waals surface area contributed by atoms with Crippen molar-refractivity contribution in [3.63, 3.8) is 0 Å². The van der Waals surface area contributed by atoms with Gasteiger partial charge in [0.25, 0.3) is 5.79 Å². The Labute approximate surface area is 154 Å². The maximum Gasteiger partial charge on any atom is 0.260 e. The molecule has 3 heteroatoms. The van der Waals surface area contributed by atoms with Gasteiger partial charge in [-0.15, -0.1) is 0 Å². The zero-order valence-corrected chi connectivity index (χ0v) is 17.0. The predicted octanol–water partition coefficient (Wildman–Crippen LogP) is 6.09. The molecule has 0 unspecified atom stereocenters. The fourth-order valence-corrected chi connectivity index (χ4v) is 2.07. The molecule has 0 N–H and O–H groups in total. The van der Waals surface area contributed by atoms with Gasteiger partial charge in [-0.05, 0) is 0 Å². The van der Waals surface area contributed by atoms with Gasteiger partial charge in [0.1, 0.15) is 0 Å². The minimum Gasteiger partial charge on any atom is -0.343 e. The first-order valence-electron chi connectivity index (χ1n) is 9.00. The van der Waals surface area contributed by atoms with Gasteiger partial charge in [-0.2, -0.15) is 0 Å². The number of hydrogen-bond donors (Lipinski definition) is 0. The van der Waals surface area contributed by atoms with E-state index >= 15 is 0 Å². The fourth-order valence-electron chi connectivity index (χ4n) is 2.07. The lowest BCUT2D eigenvalue weighted by molar-refractivity contribution is -0.176. The lowest BCUT2D eigenvalue weighted by Gasteiger charge is -2.29. The van der Waals surface area contributed by atoms with Crippen LogP contribution in [0.25, 0.3) is 0 Å². The maximum atomic E-state index is 12.7. The lowest BCUT2D eigenvalue weighted by Crippen LogP contribution is -2.39. The third kappa shape index (κ3) is 6.81. The molecule has 0 bridgehead atoms. The number of ether oxygens (including phenoxy) is 2. The van der Waals surface area contributed by atoms with E-state index in [4.69, 9.17) is 9.47 Å². The Kier molecular flexibility index (Phi) is 15.7. The van der Waals surface area contributed by atoms with Crippen molar-refractivity contribution >= 4 is 5.78 Å². The van der Waals surface area contributed by atoms with Crippen LogP contribution in [-0.2, 0) is 15.3 Å². The van der Waals surface area contributed by atoms with E-state index in [0.717, 1.165) is 0 Å². The summed E-state index contributed by atoms with van der Waals surface area (Å²) in [4.78, 5) is 12.7. The zero-order valence-electron chi connectivity index (χ0n) is 17.0. The molecule has 0 saturated heterocycles. The van der Waals surface area contributed by atoms with Crippen LogP contribution in [0.2, 0.25) is 0 Å². The van der Waals surface area contributed by atoms with E-state index in [-0.39, 0.29) is 5.78 Å². The highest BCUT2D eigenvalue weighted by atomic mass is 16.7. The number of benzene rings is 2. The van der Waals surface area contributed by atoms with Gasteiger partial charge >= 0.3 is 0 Å². The Morgan fingerprint density at radius 3 is 1.40 bits per heavy atom. The van der Waals surface area contributed by atoms with E-state index in [1.807, 2.05) is 90.1 Å². The van der Waals surface area contributed by atoms with E-state index in [2.05, 4.69) is 0 Å². The summed E-state index contributed by atoms with van der Waals surface area (Å²) in [5, 5.41) is 0. The molecular weight excluding hydrogens is 312 g/mol. The van der Waals surface area contributed by atoms with Gasteiger partial charge in [-0.25, -0.2) is 0 Å². The average Bonchev–Trinajstić information content (AvgIpc) is 2.75. The molecule has 0 amide bonds. The molecule has 0 fully saturated rings. The lowest BCUT2D eigenvalue weighted by atomic mass is 9.96. The van der Waals surface area contributed by atoms with Gasteiger partial charge in [0, 0.05) is 25.3 Å². The summed E-state index contributed by atoms with van der Waals surface area (Å²) in [5.41, 5.74) is 1.23. The number of hydrogen-bond acceptors (Lipinski definition) is 3. The van der Waals surface area contributed by atoms with E-state index in [9.17, 15) is 4.79 Å². The molecule has 0 aliphatic rings. The first-order valence-corrected chi connectivity index (χ1v) is 9.00. The second-order valence-electron chi connectivity index (χ2n) is 4.09. The van der Waals surface area contributed by atoms with Gasteiger partial charge < -0.3 is 9.47 Å². The molecule has 0 aliphatic carbocycles. The Morgan fingerprint density at radius 1 is 0.680 bits per heavy atom. The molecule has 0 radical (unpaired) electrons. The van der Waals surface area contributed by atoms with Crippen molar-refractivity contribution in [2.75, 3.05) is 14.2 Å². The maximum absolute atomic E-state index is 12.7. The smallest absolute Gasteiger partial charge is 0.260 e. The Bertz CT molecular complexity index is 532. The molecule has 2 aromatic carbocycles. The third-order valence-electron chi connectivity index (χ3n) is 3.06. The van der Waals surface area contributed by atoms with Crippen LogP contribution < -0.4 is 0 Å². The summed E-state index contributed by atoms with van der Waals surface area (Å²) in [6, 6.07) is 18.2. The Hall–Kier alpha value is -1.97.